The number of nitrogens with two attached hydrogens (primary N) is 1. The van der Waals surface area contributed by atoms with Crippen LogP contribution in [0.3, 0.4) is 0 Å². The zero-order chi connectivity index (χ0) is 20.4. The molecule has 2 aliphatic rings. The third kappa shape index (κ3) is 5.20. The number of nitrogens with zero attached hydrogens (tertiary/aromatic N) is 4. The summed E-state index contributed by atoms with van der Waals surface area (Å²) < 4.78 is 6.60. The largest absolute Gasteiger partial charge is 0.378 e. The van der Waals surface area contributed by atoms with E-state index in [1.165, 1.54) is 37.4 Å². The van der Waals surface area contributed by atoms with Crippen molar-refractivity contribution in [3.8, 4) is 0 Å². The topological polar surface area (TPSA) is 67.5 Å². The summed E-state index contributed by atoms with van der Waals surface area (Å²) in [6, 6.07) is 2.35. The molecule has 2 fully saturated rings. The molecule has 0 aromatic carbocycles. The first-order valence-electron chi connectivity index (χ1n) is 10.8. The van der Waals surface area contributed by atoms with Crippen molar-refractivity contribution >= 4 is 39.0 Å². The summed E-state index contributed by atoms with van der Waals surface area (Å²) in [5, 5.41) is 0.310. The van der Waals surface area contributed by atoms with Gasteiger partial charge in [0.1, 0.15) is 0 Å². The number of hydrogen-bond donors (Lipinski definition) is 1. The van der Waals surface area contributed by atoms with Crippen molar-refractivity contribution in [1.82, 2.24) is 14.9 Å². The molecule has 160 valence electrons. The number of piperidine rings is 1. The van der Waals surface area contributed by atoms with Crippen molar-refractivity contribution in [2.75, 3.05) is 50.8 Å². The molecule has 4 heterocycles. The Kier molecular flexibility index (Phi) is 6.91. The van der Waals surface area contributed by atoms with Crippen LogP contribution in [0.2, 0.25) is 5.28 Å². The van der Waals surface area contributed by atoms with Crippen molar-refractivity contribution in [3.63, 3.8) is 0 Å². The van der Waals surface area contributed by atoms with Gasteiger partial charge in [0.05, 0.1) is 23.4 Å². The highest BCUT2D eigenvalue weighted by Gasteiger charge is 2.26. The Balaban J connectivity index is 1.44. The molecule has 2 aromatic heterocycles. The van der Waals surface area contributed by atoms with Crippen molar-refractivity contribution < 1.29 is 4.74 Å². The Morgan fingerprint density at radius 3 is 2.62 bits per heavy atom. The summed E-state index contributed by atoms with van der Waals surface area (Å²) in [4.78, 5) is 15.1. The van der Waals surface area contributed by atoms with Gasteiger partial charge in [0, 0.05) is 30.6 Å². The van der Waals surface area contributed by atoms with Gasteiger partial charge in [-0.1, -0.05) is 13.8 Å². The van der Waals surface area contributed by atoms with Crippen molar-refractivity contribution in [3.05, 3.63) is 16.2 Å². The van der Waals surface area contributed by atoms with E-state index in [4.69, 9.17) is 22.1 Å². The van der Waals surface area contributed by atoms with E-state index in [0.29, 0.717) is 11.2 Å². The van der Waals surface area contributed by atoms with Gasteiger partial charge < -0.3 is 20.3 Å². The number of ether oxygens (including phenoxy) is 1. The average molecular weight is 438 g/mol. The maximum absolute atomic E-state index is 6.66. The van der Waals surface area contributed by atoms with E-state index in [1.807, 2.05) is 0 Å². The monoisotopic (exact) mass is 437 g/mol. The lowest BCUT2D eigenvalue weighted by Crippen LogP contribution is -2.42. The molecule has 0 spiro atoms. The predicted molar refractivity (Wildman–Crippen MR) is 121 cm³/mol. The van der Waals surface area contributed by atoms with E-state index in [2.05, 4.69) is 39.7 Å². The Morgan fingerprint density at radius 2 is 1.93 bits per heavy atom. The summed E-state index contributed by atoms with van der Waals surface area (Å²) in [5.41, 5.74) is 7.59. The summed E-state index contributed by atoms with van der Waals surface area (Å²) in [6.45, 7) is 11.2. The molecule has 1 atom stereocenters. The van der Waals surface area contributed by atoms with Gasteiger partial charge in [-0.15, -0.1) is 11.3 Å². The number of aromatic nitrogens is 2. The van der Waals surface area contributed by atoms with Crippen LogP contribution in [-0.4, -0.2) is 66.8 Å². The van der Waals surface area contributed by atoms with Crippen molar-refractivity contribution in [1.29, 1.82) is 0 Å². The normalized spacial score (nSPS) is 20.7. The Labute approximate surface area is 182 Å². The van der Waals surface area contributed by atoms with Crippen LogP contribution in [0.1, 0.15) is 31.6 Å². The quantitative estimate of drug-likeness (QED) is 0.698. The van der Waals surface area contributed by atoms with Gasteiger partial charge >= 0.3 is 0 Å². The van der Waals surface area contributed by atoms with Gasteiger partial charge in [-0.05, 0) is 61.9 Å². The molecule has 4 rings (SSSR count). The minimum Gasteiger partial charge on any atom is -0.378 e. The second-order valence-electron chi connectivity index (χ2n) is 8.74. The molecule has 0 amide bonds. The Bertz CT molecular complexity index is 815. The van der Waals surface area contributed by atoms with Gasteiger partial charge in [0.15, 0.2) is 5.82 Å². The molecule has 6 nitrogen and oxygen atoms in total. The average Bonchev–Trinajstić information content (AvgIpc) is 3.10. The highest BCUT2D eigenvalue weighted by molar-refractivity contribution is 7.19. The summed E-state index contributed by atoms with van der Waals surface area (Å²) in [5.74, 6) is 2.26. The molecule has 2 aromatic rings. The van der Waals surface area contributed by atoms with Crippen LogP contribution in [0.15, 0.2) is 6.07 Å². The number of hydrogen-bond acceptors (Lipinski definition) is 7. The van der Waals surface area contributed by atoms with E-state index >= 15 is 0 Å². The molecule has 29 heavy (non-hydrogen) atoms. The molecular formula is C21H32ClN5OS. The molecule has 0 radical (unpaired) electrons. The van der Waals surface area contributed by atoms with Crippen LogP contribution < -0.4 is 10.6 Å². The van der Waals surface area contributed by atoms with Crippen LogP contribution in [0.5, 0.6) is 0 Å². The third-order valence-corrected chi connectivity index (χ3v) is 7.30. The fourth-order valence-electron chi connectivity index (χ4n) is 4.51. The number of fused-ring (bicyclic) bond motifs is 1. The lowest BCUT2D eigenvalue weighted by Gasteiger charge is -2.35. The fourth-order valence-corrected chi connectivity index (χ4v) is 5.86. The summed E-state index contributed by atoms with van der Waals surface area (Å²) in [6.07, 6.45) is 3.29. The number of anilines is 1. The first-order valence-corrected chi connectivity index (χ1v) is 12.0. The first kappa shape index (κ1) is 21.2. The van der Waals surface area contributed by atoms with Crippen molar-refractivity contribution in [2.45, 2.75) is 39.2 Å². The number of thiophene rings is 1. The number of rotatable bonds is 6. The number of morpholine rings is 1. The van der Waals surface area contributed by atoms with Crippen LogP contribution >= 0.6 is 22.9 Å². The molecule has 2 saturated heterocycles. The second kappa shape index (κ2) is 9.43. The van der Waals surface area contributed by atoms with Crippen LogP contribution in [0.25, 0.3) is 10.2 Å². The molecule has 2 aliphatic heterocycles. The van der Waals surface area contributed by atoms with E-state index in [1.54, 1.807) is 11.3 Å². The zero-order valence-corrected chi connectivity index (χ0v) is 19.0. The van der Waals surface area contributed by atoms with Crippen LogP contribution in [-0.2, 0) is 11.2 Å². The number of likely N-dealkylation sites (tertiary alicyclic amines) is 1. The van der Waals surface area contributed by atoms with E-state index < -0.39 is 0 Å². The van der Waals surface area contributed by atoms with Gasteiger partial charge in [-0.3, -0.25) is 0 Å². The van der Waals surface area contributed by atoms with Crippen LogP contribution in [0.4, 0.5) is 5.82 Å². The number of halogens is 1. The van der Waals surface area contributed by atoms with E-state index in [9.17, 15) is 0 Å². The maximum Gasteiger partial charge on any atom is 0.224 e. The highest BCUT2D eigenvalue weighted by Crippen LogP contribution is 2.34. The zero-order valence-electron chi connectivity index (χ0n) is 17.4. The van der Waals surface area contributed by atoms with Gasteiger partial charge in [-0.25, -0.2) is 4.98 Å². The summed E-state index contributed by atoms with van der Waals surface area (Å²) >= 11 is 8.00. The third-order valence-electron chi connectivity index (χ3n) is 5.99. The van der Waals surface area contributed by atoms with Crippen molar-refractivity contribution in [2.24, 2.45) is 17.6 Å². The second-order valence-corrected chi connectivity index (χ2v) is 10.2. The molecule has 0 bridgehead atoms. The SMILES string of the molecule is CC(C)CN1CCC(C(N)Cc2cc3nc(Cl)nc(N4CCOCC4)c3s2)CC1. The Hall–Kier alpha value is -0.990. The molecule has 0 saturated carbocycles. The molecule has 0 aliphatic carbocycles. The molecule has 1 unspecified atom stereocenters. The predicted octanol–water partition coefficient (Wildman–Crippen LogP) is 3.42. The maximum atomic E-state index is 6.66. The van der Waals surface area contributed by atoms with E-state index in [0.717, 1.165) is 54.7 Å². The Morgan fingerprint density at radius 1 is 1.21 bits per heavy atom. The fraction of sp³-hybridized carbons (Fsp3) is 0.714. The standard InChI is InChI=1S/C21H32ClN5OS/c1-14(2)13-26-5-3-15(4-6-26)17(23)11-16-12-18-19(29-16)20(25-21(22)24-18)27-7-9-28-10-8-27/h12,14-15,17H,3-11,13,23H2,1-2H3. The highest BCUT2D eigenvalue weighted by atomic mass is 35.5. The summed E-state index contributed by atoms with van der Waals surface area (Å²) in [7, 11) is 0. The lowest BCUT2D eigenvalue weighted by molar-refractivity contribution is 0.122. The van der Waals surface area contributed by atoms with Gasteiger partial charge in [0.2, 0.25) is 5.28 Å². The smallest absolute Gasteiger partial charge is 0.224 e. The lowest BCUT2D eigenvalue weighted by atomic mass is 9.87. The molecular weight excluding hydrogens is 406 g/mol. The van der Waals surface area contributed by atoms with E-state index in [-0.39, 0.29) is 6.04 Å². The van der Waals surface area contributed by atoms with Crippen LogP contribution in [0, 0.1) is 11.8 Å². The molecule has 2 N–H and O–H groups in total. The van der Waals surface area contributed by atoms with Gasteiger partial charge in [-0.2, -0.15) is 4.98 Å². The molecule has 8 heteroatoms. The van der Waals surface area contributed by atoms with Gasteiger partial charge in [0.25, 0.3) is 0 Å². The minimum absolute atomic E-state index is 0.194. The first-order chi connectivity index (χ1) is 14.0. The minimum atomic E-state index is 0.194.